The van der Waals surface area contributed by atoms with Gasteiger partial charge < -0.3 is 5.73 Å². The first kappa shape index (κ1) is 15.0. The summed E-state index contributed by atoms with van der Waals surface area (Å²) in [5.74, 6) is 5.64. The van der Waals surface area contributed by atoms with Gasteiger partial charge in [0.2, 0.25) is 10.0 Å². The average molecular weight is 292 g/mol. The van der Waals surface area contributed by atoms with Gasteiger partial charge in [-0.05, 0) is 43.5 Å². The summed E-state index contributed by atoms with van der Waals surface area (Å²) >= 11 is 0. The van der Waals surface area contributed by atoms with Crippen molar-refractivity contribution in [1.82, 2.24) is 4.31 Å². The summed E-state index contributed by atoms with van der Waals surface area (Å²) < 4.78 is 26.8. The molecule has 1 saturated carbocycles. The Morgan fingerprint density at radius 2 is 1.95 bits per heavy atom. The van der Waals surface area contributed by atoms with Crippen LogP contribution in [-0.2, 0) is 10.0 Å². The van der Waals surface area contributed by atoms with Crippen LogP contribution in [0.5, 0.6) is 0 Å². The molecule has 1 aliphatic carbocycles. The number of benzene rings is 1. The Morgan fingerprint density at radius 1 is 1.30 bits per heavy atom. The highest BCUT2D eigenvalue weighted by atomic mass is 32.2. The van der Waals surface area contributed by atoms with Crippen molar-refractivity contribution in [2.24, 2.45) is 5.73 Å². The Kier molecular flexibility index (Phi) is 4.81. The van der Waals surface area contributed by atoms with Crippen molar-refractivity contribution >= 4 is 10.0 Å². The minimum absolute atomic E-state index is 0.191. The van der Waals surface area contributed by atoms with E-state index in [1.807, 2.05) is 6.92 Å². The highest BCUT2D eigenvalue weighted by Crippen LogP contribution is 2.32. The standard InChI is InChI=1S/C15H20N2O2S/c1-2-12-17(14-7-8-14)20(18,19)15-9-5-13(6-10-15)4-3-11-16/h5-6,9-10,14H,2,7-8,11-12,16H2,1H3. The van der Waals surface area contributed by atoms with Gasteiger partial charge in [0.05, 0.1) is 11.4 Å². The van der Waals surface area contributed by atoms with Crippen LogP contribution in [0.15, 0.2) is 29.2 Å². The SMILES string of the molecule is CCCN(C1CC1)S(=O)(=O)c1ccc(C#CCN)cc1. The van der Waals surface area contributed by atoms with Gasteiger partial charge in [-0.25, -0.2) is 8.42 Å². The first-order chi connectivity index (χ1) is 9.59. The first-order valence-corrected chi connectivity index (χ1v) is 8.34. The second-order valence-electron chi connectivity index (χ2n) is 4.88. The monoisotopic (exact) mass is 292 g/mol. The first-order valence-electron chi connectivity index (χ1n) is 6.90. The zero-order chi connectivity index (χ0) is 14.6. The Bertz CT molecular complexity index is 608. The topological polar surface area (TPSA) is 63.4 Å². The molecule has 0 amide bonds. The summed E-state index contributed by atoms with van der Waals surface area (Å²) in [4.78, 5) is 0.344. The Hall–Kier alpha value is -1.35. The molecule has 0 spiro atoms. The summed E-state index contributed by atoms with van der Waals surface area (Å²) in [5, 5.41) is 0. The Morgan fingerprint density at radius 3 is 2.45 bits per heavy atom. The molecule has 20 heavy (non-hydrogen) atoms. The van der Waals surface area contributed by atoms with Crippen LogP contribution < -0.4 is 5.73 Å². The van der Waals surface area contributed by atoms with E-state index in [4.69, 9.17) is 5.73 Å². The van der Waals surface area contributed by atoms with Crippen LogP contribution in [0.2, 0.25) is 0 Å². The highest BCUT2D eigenvalue weighted by Gasteiger charge is 2.37. The average Bonchev–Trinajstić information content (AvgIpc) is 3.27. The second kappa shape index (κ2) is 6.40. The summed E-state index contributed by atoms with van der Waals surface area (Å²) in [6, 6.07) is 6.90. The molecule has 0 saturated heterocycles. The van der Waals surface area contributed by atoms with Gasteiger partial charge in [-0.2, -0.15) is 4.31 Å². The fourth-order valence-corrected chi connectivity index (χ4v) is 3.86. The lowest BCUT2D eigenvalue weighted by Crippen LogP contribution is -2.33. The van der Waals surface area contributed by atoms with Gasteiger partial charge in [0.1, 0.15) is 0 Å². The number of nitrogens with two attached hydrogens (primary N) is 1. The number of hydrogen-bond donors (Lipinski definition) is 1. The van der Waals surface area contributed by atoms with E-state index in [1.165, 1.54) is 0 Å². The predicted molar refractivity (Wildman–Crippen MR) is 79.6 cm³/mol. The molecule has 1 aliphatic rings. The molecule has 2 N–H and O–H groups in total. The normalized spacial score (nSPS) is 14.9. The zero-order valence-electron chi connectivity index (χ0n) is 11.7. The van der Waals surface area contributed by atoms with E-state index >= 15 is 0 Å². The molecular formula is C15H20N2O2S. The quantitative estimate of drug-likeness (QED) is 0.838. The molecule has 0 aliphatic heterocycles. The van der Waals surface area contributed by atoms with Crippen molar-refractivity contribution in [3.63, 3.8) is 0 Å². The van der Waals surface area contributed by atoms with Crippen LogP contribution in [0.25, 0.3) is 0 Å². The van der Waals surface area contributed by atoms with E-state index in [2.05, 4.69) is 11.8 Å². The van der Waals surface area contributed by atoms with Crippen LogP contribution in [0, 0.1) is 11.8 Å². The van der Waals surface area contributed by atoms with Gasteiger partial charge in [0.15, 0.2) is 0 Å². The summed E-state index contributed by atoms with van der Waals surface area (Å²) in [6.07, 6.45) is 2.77. The van der Waals surface area contributed by atoms with Gasteiger partial charge in [-0.15, -0.1) is 0 Å². The maximum atomic E-state index is 12.6. The number of nitrogens with zero attached hydrogens (tertiary/aromatic N) is 1. The lowest BCUT2D eigenvalue weighted by atomic mass is 10.2. The molecule has 0 radical (unpaired) electrons. The molecule has 5 heteroatoms. The van der Waals surface area contributed by atoms with Crippen LogP contribution >= 0.6 is 0 Å². The molecule has 4 nitrogen and oxygen atoms in total. The Labute approximate surface area is 121 Å². The third kappa shape index (κ3) is 3.40. The summed E-state index contributed by atoms with van der Waals surface area (Å²) in [6.45, 7) is 2.88. The molecule has 0 aromatic heterocycles. The molecule has 1 aromatic rings. The minimum atomic E-state index is -3.38. The van der Waals surface area contributed by atoms with Crippen molar-refractivity contribution in [3.8, 4) is 11.8 Å². The van der Waals surface area contributed by atoms with Crippen molar-refractivity contribution < 1.29 is 8.42 Å². The van der Waals surface area contributed by atoms with E-state index in [9.17, 15) is 8.42 Å². The van der Waals surface area contributed by atoms with Crippen LogP contribution in [-0.4, -0.2) is 31.9 Å². The van der Waals surface area contributed by atoms with E-state index < -0.39 is 10.0 Å². The third-order valence-corrected chi connectivity index (χ3v) is 5.16. The molecule has 0 heterocycles. The van der Waals surface area contributed by atoms with Crippen molar-refractivity contribution in [2.45, 2.75) is 37.1 Å². The van der Waals surface area contributed by atoms with Crippen LogP contribution in [0.1, 0.15) is 31.7 Å². The van der Waals surface area contributed by atoms with Gasteiger partial charge in [-0.1, -0.05) is 18.8 Å². The molecule has 2 rings (SSSR count). The van der Waals surface area contributed by atoms with E-state index in [1.54, 1.807) is 28.6 Å². The lowest BCUT2D eigenvalue weighted by Gasteiger charge is -2.21. The fraction of sp³-hybridized carbons (Fsp3) is 0.467. The minimum Gasteiger partial charge on any atom is -0.320 e. The lowest BCUT2D eigenvalue weighted by molar-refractivity contribution is 0.403. The molecule has 1 fully saturated rings. The smallest absolute Gasteiger partial charge is 0.243 e. The summed E-state index contributed by atoms with van der Waals surface area (Å²) in [5.41, 5.74) is 6.09. The van der Waals surface area contributed by atoms with Crippen LogP contribution in [0.4, 0.5) is 0 Å². The van der Waals surface area contributed by atoms with Gasteiger partial charge >= 0.3 is 0 Å². The zero-order valence-corrected chi connectivity index (χ0v) is 12.5. The highest BCUT2D eigenvalue weighted by molar-refractivity contribution is 7.89. The molecule has 1 aromatic carbocycles. The maximum absolute atomic E-state index is 12.6. The molecule has 0 atom stereocenters. The van der Waals surface area contributed by atoms with Crippen molar-refractivity contribution in [1.29, 1.82) is 0 Å². The maximum Gasteiger partial charge on any atom is 0.243 e. The van der Waals surface area contributed by atoms with E-state index in [0.717, 1.165) is 24.8 Å². The largest absolute Gasteiger partial charge is 0.320 e. The van der Waals surface area contributed by atoms with Gasteiger partial charge in [0, 0.05) is 18.2 Å². The molecular weight excluding hydrogens is 272 g/mol. The van der Waals surface area contributed by atoms with Gasteiger partial charge in [-0.3, -0.25) is 0 Å². The number of hydrogen-bond acceptors (Lipinski definition) is 3. The molecule has 0 bridgehead atoms. The van der Waals surface area contributed by atoms with Crippen molar-refractivity contribution in [2.75, 3.05) is 13.1 Å². The summed E-state index contributed by atoms with van der Waals surface area (Å²) in [7, 11) is -3.38. The van der Waals surface area contributed by atoms with Crippen molar-refractivity contribution in [3.05, 3.63) is 29.8 Å². The van der Waals surface area contributed by atoms with E-state index in [0.29, 0.717) is 18.0 Å². The third-order valence-electron chi connectivity index (χ3n) is 3.19. The Balaban J connectivity index is 2.24. The molecule has 108 valence electrons. The fourth-order valence-electron chi connectivity index (χ4n) is 2.08. The number of rotatable bonds is 5. The second-order valence-corrected chi connectivity index (χ2v) is 6.77. The van der Waals surface area contributed by atoms with Gasteiger partial charge in [0.25, 0.3) is 0 Å². The van der Waals surface area contributed by atoms with Crippen LogP contribution in [0.3, 0.4) is 0 Å². The number of sulfonamides is 1. The van der Waals surface area contributed by atoms with E-state index in [-0.39, 0.29) is 6.04 Å². The predicted octanol–water partition coefficient (Wildman–Crippen LogP) is 1.56. The molecule has 0 unspecified atom stereocenters.